The zero-order chi connectivity index (χ0) is 15.2. The Kier molecular flexibility index (Phi) is 5.66. The van der Waals surface area contributed by atoms with Crippen LogP contribution < -0.4 is 4.90 Å². The Balaban J connectivity index is 2.37. The van der Waals surface area contributed by atoms with Crippen LogP contribution in [0.3, 0.4) is 0 Å². The normalized spacial score (nSPS) is 12.2. The summed E-state index contributed by atoms with van der Waals surface area (Å²) in [6, 6.07) is 16.0. The van der Waals surface area contributed by atoms with Crippen molar-refractivity contribution in [2.45, 2.75) is 32.8 Å². The summed E-state index contributed by atoms with van der Waals surface area (Å²) >= 11 is 6.44. The third-order valence-corrected chi connectivity index (χ3v) is 3.85. The van der Waals surface area contributed by atoms with Gasteiger partial charge in [0.2, 0.25) is 0 Å². The molecule has 0 bridgehead atoms. The van der Waals surface area contributed by atoms with Crippen molar-refractivity contribution in [3.8, 4) is 0 Å². The number of benzene rings is 2. The molecule has 2 nitrogen and oxygen atoms in total. The van der Waals surface area contributed by atoms with Crippen LogP contribution in [0.5, 0.6) is 0 Å². The van der Waals surface area contributed by atoms with Gasteiger partial charge in [-0.3, -0.25) is 0 Å². The quantitative estimate of drug-likeness (QED) is 0.779. The Morgan fingerprint density at radius 1 is 1.14 bits per heavy atom. The highest BCUT2D eigenvalue weighted by molar-refractivity contribution is 6.33. The molecule has 2 aromatic rings. The van der Waals surface area contributed by atoms with Gasteiger partial charge in [-0.05, 0) is 43.2 Å². The van der Waals surface area contributed by atoms with Gasteiger partial charge in [0.1, 0.15) is 0 Å². The van der Waals surface area contributed by atoms with Crippen LogP contribution in [0.15, 0.2) is 48.5 Å². The Morgan fingerprint density at radius 3 is 2.43 bits per heavy atom. The van der Waals surface area contributed by atoms with Crippen molar-refractivity contribution in [2.24, 2.45) is 0 Å². The van der Waals surface area contributed by atoms with Crippen molar-refractivity contribution in [1.29, 1.82) is 0 Å². The first-order valence-corrected chi connectivity index (χ1v) is 7.81. The topological polar surface area (TPSA) is 23.5 Å². The van der Waals surface area contributed by atoms with Gasteiger partial charge in [-0.2, -0.15) is 0 Å². The molecule has 0 fully saturated rings. The highest BCUT2D eigenvalue weighted by atomic mass is 35.5. The molecule has 2 rings (SSSR count). The fourth-order valence-corrected chi connectivity index (χ4v) is 2.61. The first kappa shape index (κ1) is 15.9. The molecule has 3 heteroatoms. The van der Waals surface area contributed by atoms with E-state index >= 15 is 0 Å². The monoisotopic (exact) mass is 303 g/mol. The van der Waals surface area contributed by atoms with E-state index in [1.165, 1.54) is 0 Å². The second-order valence-corrected chi connectivity index (χ2v) is 5.63. The lowest BCUT2D eigenvalue weighted by Gasteiger charge is -2.26. The molecular formula is C18H22ClNO. The van der Waals surface area contributed by atoms with Gasteiger partial charge in [0.15, 0.2) is 0 Å². The number of rotatable bonds is 6. The van der Waals surface area contributed by atoms with Gasteiger partial charge in [0.25, 0.3) is 0 Å². The van der Waals surface area contributed by atoms with Crippen LogP contribution in [0.25, 0.3) is 0 Å². The maximum absolute atomic E-state index is 9.66. The Hall–Kier alpha value is -1.51. The molecule has 0 spiro atoms. The first-order valence-electron chi connectivity index (χ1n) is 7.43. The minimum Gasteiger partial charge on any atom is -0.389 e. The third kappa shape index (κ3) is 3.99. The number of halogens is 1. The molecule has 1 N–H and O–H groups in total. The molecule has 2 aromatic carbocycles. The number of anilines is 2. The van der Waals surface area contributed by atoms with E-state index in [4.69, 9.17) is 11.6 Å². The summed E-state index contributed by atoms with van der Waals surface area (Å²) in [6.07, 6.45) is 1.73. The number of hydrogen-bond acceptors (Lipinski definition) is 2. The van der Waals surface area contributed by atoms with Crippen molar-refractivity contribution in [3.05, 3.63) is 59.1 Å². The molecule has 0 radical (unpaired) electrons. The Labute approximate surface area is 132 Å². The standard InChI is InChI=1S/C18H22ClNO/c1-3-4-12-20(16-8-6-5-7-9-16)18-11-10-15(14(2)21)13-17(18)19/h5-11,13-14,21H,3-4,12H2,1-2H3. The van der Waals surface area contributed by atoms with Gasteiger partial charge in [-0.15, -0.1) is 0 Å². The average Bonchev–Trinajstić information content (AvgIpc) is 2.50. The summed E-state index contributed by atoms with van der Waals surface area (Å²) in [5, 5.41) is 10.3. The lowest BCUT2D eigenvalue weighted by Crippen LogP contribution is -2.18. The fourth-order valence-electron chi connectivity index (χ4n) is 2.31. The van der Waals surface area contributed by atoms with E-state index in [1.807, 2.05) is 36.4 Å². The third-order valence-electron chi connectivity index (χ3n) is 3.55. The Morgan fingerprint density at radius 2 is 1.86 bits per heavy atom. The van der Waals surface area contributed by atoms with E-state index in [0.717, 1.165) is 36.3 Å². The zero-order valence-electron chi connectivity index (χ0n) is 12.6. The number of hydrogen-bond donors (Lipinski definition) is 1. The molecule has 0 aliphatic rings. The van der Waals surface area contributed by atoms with Gasteiger partial charge >= 0.3 is 0 Å². The SMILES string of the molecule is CCCCN(c1ccccc1)c1ccc(C(C)O)cc1Cl. The fraction of sp³-hybridized carbons (Fsp3) is 0.333. The molecule has 0 saturated heterocycles. The van der Waals surface area contributed by atoms with Crippen molar-refractivity contribution in [3.63, 3.8) is 0 Å². The average molecular weight is 304 g/mol. The van der Waals surface area contributed by atoms with Gasteiger partial charge in [-0.25, -0.2) is 0 Å². The second kappa shape index (κ2) is 7.48. The molecule has 0 aliphatic heterocycles. The van der Waals surface area contributed by atoms with E-state index < -0.39 is 6.10 Å². The molecule has 112 valence electrons. The van der Waals surface area contributed by atoms with E-state index in [2.05, 4.69) is 24.0 Å². The minimum atomic E-state index is -0.502. The van der Waals surface area contributed by atoms with Gasteiger partial charge < -0.3 is 10.0 Å². The van der Waals surface area contributed by atoms with Crippen LogP contribution in [0.4, 0.5) is 11.4 Å². The van der Waals surface area contributed by atoms with Crippen LogP contribution in [0.1, 0.15) is 38.4 Å². The van der Waals surface area contributed by atoms with Gasteiger partial charge in [-0.1, -0.05) is 49.2 Å². The van der Waals surface area contributed by atoms with E-state index in [0.29, 0.717) is 5.02 Å². The largest absolute Gasteiger partial charge is 0.389 e. The highest BCUT2D eigenvalue weighted by Crippen LogP contribution is 2.34. The van der Waals surface area contributed by atoms with Crippen molar-refractivity contribution in [2.75, 3.05) is 11.4 Å². The van der Waals surface area contributed by atoms with Crippen LogP contribution >= 0.6 is 11.6 Å². The van der Waals surface area contributed by atoms with E-state index in [-0.39, 0.29) is 0 Å². The molecule has 0 aliphatic carbocycles. The molecule has 0 heterocycles. The molecular weight excluding hydrogens is 282 g/mol. The van der Waals surface area contributed by atoms with Gasteiger partial charge in [0.05, 0.1) is 16.8 Å². The summed E-state index contributed by atoms with van der Waals surface area (Å²) in [7, 11) is 0. The predicted molar refractivity (Wildman–Crippen MR) is 90.4 cm³/mol. The molecule has 1 unspecified atom stereocenters. The van der Waals surface area contributed by atoms with Crippen molar-refractivity contribution >= 4 is 23.0 Å². The summed E-state index contributed by atoms with van der Waals surface area (Å²) in [5.41, 5.74) is 2.96. The van der Waals surface area contributed by atoms with Gasteiger partial charge in [0, 0.05) is 12.2 Å². The highest BCUT2D eigenvalue weighted by Gasteiger charge is 2.13. The van der Waals surface area contributed by atoms with Crippen molar-refractivity contribution < 1.29 is 5.11 Å². The molecule has 0 aromatic heterocycles. The summed E-state index contributed by atoms with van der Waals surface area (Å²) in [4.78, 5) is 2.23. The Bertz CT molecular complexity index is 569. The molecule has 21 heavy (non-hydrogen) atoms. The summed E-state index contributed by atoms with van der Waals surface area (Å²) in [5.74, 6) is 0. The van der Waals surface area contributed by atoms with Crippen LogP contribution in [-0.2, 0) is 0 Å². The number of unbranched alkanes of at least 4 members (excludes halogenated alkanes) is 1. The van der Waals surface area contributed by atoms with Crippen LogP contribution in [0.2, 0.25) is 5.02 Å². The number of nitrogens with zero attached hydrogens (tertiary/aromatic N) is 1. The maximum atomic E-state index is 9.66. The molecule has 0 saturated carbocycles. The minimum absolute atomic E-state index is 0.502. The lowest BCUT2D eigenvalue weighted by molar-refractivity contribution is 0.199. The smallest absolute Gasteiger partial charge is 0.0762 e. The second-order valence-electron chi connectivity index (χ2n) is 5.23. The van der Waals surface area contributed by atoms with E-state index in [1.54, 1.807) is 6.92 Å². The maximum Gasteiger partial charge on any atom is 0.0762 e. The molecule has 0 amide bonds. The zero-order valence-corrected chi connectivity index (χ0v) is 13.3. The number of para-hydroxylation sites is 1. The first-order chi connectivity index (χ1) is 10.1. The van der Waals surface area contributed by atoms with E-state index in [9.17, 15) is 5.11 Å². The van der Waals surface area contributed by atoms with Crippen molar-refractivity contribution in [1.82, 2.24) is 0 Å². The summed E-state index contributed by atoms with van der Waals surface area (Å²) < 4.78 is 0. The number of aliphatic hydroxyl groups excluding tert-OH is 1. The van der Waals surface area contributed by atoms with Crippen LogP contribution in [-0.4, -0.2) is 11.7 Å². The lowest BCUT2D eigenvalue weighted by atomic mass is 10.1. The summed E-state index contributed by atoms with van der Waals surface area (Å²) in [6.45, 7) is 4.85. The number of aliphatic hydroxyl groups is 1. The van der Waals surface area contributed by atoms with Crippen LogP contribution in [0, 0.1) is 0 Å². The predicted octanol–water partition coefficient (Wildman–Crippen LogP) is 5.33. The molecule has 1 atom stereocenters.